The van der Waals surface area contributed by atoms with Gasteiger partial charge in [0.25, 0.3) is 0 Å². The number of carbonyl (C=O) groups is 1. The molecular formula is C19H23N5O2S2. The van der Waals surface area contributed by atoms with Crippen molar-refractivity contribution >= 4 is 39.8 Å². The van der Waals surface area contributed by atoms with Crippen LogP contribution in [0.25, 0.3) is 0 Å². The summed E-state index contributed by atoms with van der Waals surface area (Å²) < 4.78 is 1.64. The molecule has 3 aromatic rings. The summed E-state index contributed by atoms with van der Waals surface area (Å²) in [5.74, 6) is 0.504. The van der Waals surface area contributed by atoms with Crippen LogP contribution in [0.15, 0.2) is 39.6 Å². The number of nitrogens with one attached hydrogen (secondary N) is 1. The Morgan fingerprint density at radius 1 is 1.32 bits per heavy atom. The van der Waals surface area contributed by atoms with Crippen LogP contribution in [0.5, 0.6) is 0 Å². The summed E-state index contributed by atoms with van der Waals surface area (Å²) in [5, 5.41) is 9.84. The lowest BCUT2D eigenvalue weighted by molar-refractivity contribution is -0.115. The summed E-state index contributed by atoms with van der Waals surface area (Å²) in [7, 11) is 0. The maximum Gasteiger partial charge on any atom is 0.343 e. The molecule has 0 unspecified atom stereocenters. The first-order valence-corrected chi connectivity index (χ1v) is 11.0. The highest BCUT2D eigenvalue weighted by atomic mass is 32.2. The largest absolute Gasteiger partial charge is 0.343 e. The summed E-state index contributed by atoms with van der Waals surface area (Å²) in [6.07, 6.45) is 1.69. The van der Waals surface area contributed by atoms with Gasteiger partial charge in [-0.3, -0.25) is 14.3 Å². The highest BCUT2D eigenvalue weighted by molar-refractivity contribution is 7.98. The second kappa shape index (κ2) is 9.20. The Morgan fingerprint density at radius 2 is 2.11 bits per heavy atom. The van der Waals surface area contributed by atoms with Crippen LogP contribution in [-0.4, -0.2) is 25.7 Å². The molecule has 28 heavy (non-hydrogen) atoms. The molecule has 0 bridgehead atoms. The number of anilines is 2. The molecule has 1 aromatic carbocycles. The average Bonchev–Trinajstić information content (AvgIpc) is 3.28. The van der Waals surface area contributed by atoms with Crippen LogP contribution >= 0.6 is 23.1 Å². The number of aryl methyl sites for hydroxylation is 1. The van der Waals surface area contributed by atoms with Gasteiger partial charge in [0.2, 0.25) is 5.91 Å². The maximum atomic E-state index is 12.4. The Bertz CT molecular complexity index is 1010. The van der Waals surface area contributed by atoms with Crippen molar-refractivity contribution in [2.24, 2.45) is 0 Å². The van der Waals surface area contributed by atoms with Crippen LogP contribution < -0.4 is 10.6 Å². The summed E-state index contributed by atoms with van der Waals surface area (Å²) in [5.41, 5.74) is 2.63. The number of hydrogen-bond acceptors (Lipinski definition) is 6. The van der Waals surface area contributed by atoms with Gasteiger partial charge >= 0.3 is 5.69 Å². The number of benzene rings is 1. The minimum absolute atomic E-state index is 0.0708. The Morgan fingerprint density at radius 3 is 2.82 bits per heavy atom. The number of rotatable bonds is 8. The number of aromatic nitrogens is 4. The summed E-state index contributed by atoms with van der Waals surface area (Å²) in [4.78, 5) is 30.5. The number of thioether (sulfide) groups is 1. The fraction of sp³-hybridized carbons (Fsp3) is 0.368. The molecule has 148 valence electrons. The first-order chi connectivity index (χ1) is 13.5. The zero-order valence-corrected chi connectivity index (χ0v) is 17.8. The Labute approximate surface area is 171 Å². The van der Waals surface area contributed by atoms with Crippen molar-refractivity contribution in [1.82, 2.24) is 19.7 Å². The van der Waals surface area contributed by atoms with Crippen LogP contribution in [-0.2, 0) is 23.5 Å². The van der Waals surface area contributed by atoms with Crippen molar-refractivity contribution in [3.8, 4) is 0 Å². The zero-order chi connectivity index (χ0) is 20.1. The SMILES string of the molecule is CCCn1c(SCc2csc(N(C(C)=O)c3ccccc3CC)n2)n[nH]c1=O. The van der Waals surface area contributed by atoms with E-state index < -0.39 is 0 Å². The molecule has 0 saturated heterocycles. The molecule has 9 heteroatoms. The molecule has 2 heterocycles. The van der Waals surface area contributed by atoms with Gasteiger partial charge in [-0.05, 0) is 24.5 Å². The number of thiazole rings is 1. The number of hydrogen-bond donors (Lipinski definition) is 1. The molecule has 0 radical (unpaired) electrons. The van der Waals surface area contributed by atoms with Crippen molar-refractivity contribution in [3.05, 3.63) is 51.4 Å². The molecule has 0 fully saturated rings. The number of amides is 1. The summed E-state index contributed by atoms with van der Waals surface area (Å²) in [6, 6.07) is 7.88. The normalized spacial score (nSPS) is 11.0. The highest BCUT2D eigenvalue weighted by Crippen LogP contribution is 2.33. The van der Waals surface area contributed by atoms with Gasteiger partial charge in [-0.25, -0.2) is 14.9 Å². The van der Waals surface area contributed by atoms with E-state index in [2.05, 4.69) is 22.1 Å². The number of carbonyl (C=O) groups excluding carboxylic acids is 1. The minimum atomic E-state index is -0.192. The molecule has 0 atom stereocenters. The number of H-pyrrole nitrogens is 1. The standard InChI is InChI=1S/C19H23N5O2S2/c1-4-10-23-17(26)21-22-19(23)28-12-15-11-27-18(20-15)24(13(3)25)16-9-7-6-8-14(16)5-2/h6-9,11H,4-5,10,12H2,1-3H3,(H,21,26). The monoisotopic (exact) mass is 417 g/mol. The van der Waals surface area contributed by atoms with E-state index in [1.807, 2.05) is 36.6 Å². The van der Waals surface area contributed by atoms with Gasteiger partial charge in [-0.15, -0.1) is 16.4 Å². The lowest BCUT2D eigenvalue weighted by atomic mass is 10.1. The highest BCUT2D eigenvalue weighted by Gasteiger charge is 2.20. The molecule has 1 N–H and O–H groups in total. The molecule has 7 nitrogen and oxygen atoms in total. The summed E-state index contributed by atoms with van der Waals surface area (Å²) >= 11 is 2.90. The van der Waals surface area contributed by atoms with Gasteiger partial charge in [0.15, 0.2) is 10.3 Å². The topological polar surface area (TPSA) is 83.9 Å². The molecule has 0 aliphatic carbocycles. The van der Waals surface area contributed by atoms with Crippen LogP contribution in [0, 0.1) is 0 Å². The van der Waals surface area contributed by atoms with E-state index in [0.717, 1.165) is 29.8 Å². The molecule has 0 spiro atoms. The van der Waals surface area contributed by atoms with E-state index in [4.69, 9.17) is 0 Å². The van der Waals surface area contributed by atoms with Gasteiger partial charge in [0, 0.05) is 24.6 Å². The Kier molecular flexibility index (Phi) is 6.69. The third kappa shape index (κ3) is 4.36. The van der Waals surface area contributed by atoms with Crippen LogP contribution in [0.4, 0.5) is 10.8 Å². The lowest BCUT2D eigenvalue weighted by Crippen LogP contribution is -2.23. The fourth-order valence-corrected chi connectivity index (χ4v) is 4.72. The van der Waals surface area contributed by atoms with E-state index in [1.54, 1.807) is 16.4 Å². The third-order valence-electron chi connectivity index (χ3n) is 4.18. The van der Waals surface area contributed by atoms with E-state index in [0.29, 0.717) is 22.6 Å². The van der Waals surface area contributed by atoms with E-state index in [-0.39, 0.29) is 11.6 Å². The quantitative estimate of drug-likeness (QED) is 0.561. The zero-order valence-electron chi connectivity index (χ0n) is 16.1. The van der Waals surface area contributed by atoms with Crippen molar-refractivity contribution < 1.29 is 4.79 Å². The predicted octanol–water partition coefficient (Wildman–Crippen LogP) is 3.98. The van der Waals surface area contributed by atoms with Crippen molar-refractivity contribution in [3.63, 3.8) is 0 Å². The fourth-order valence-electron chi connectivity index (χ4n) is 2.87. The second-order valence-corrected chi connectivity index (χ2v) is 7.99. The van der Waals surface area contributed by atoms with Crippen LogP contribution in [0.2, 0.25) is 0 Å². The lowest BCUT2D eigenvalue weighted by Gasteiger charge is -2.20. The van der Waals surface area contributed by atoms with Gasteiger partial charge in [0.1, 0.15) is 0 Å². The number of para-hydroxylation sites is 1. The number of nitrogens with zero attached hydrogens (tertiary/aromatic N) is 4. The van der Waals surface area contributed by atoms with E-state index >= 15 is 0 Å². The molecule has 0 aliphatic rings. The molecule has 0 saturated carbocycles. The minimum Gasteiger partial charge on any atom is -0.274 e. The second-order valence-electron chi connectivity index (χ2n) is 6.21. The van der Waals surface area contributed by atoms with Crippen molar-refractivity contribution in [2.45, 2.75) is 51.1 Å². The molecule has 1 amide bonds. The van der Waals surface area contributed by atoms with Gasteiger partial charge in [0.05, 0.1) is 11.4 Å². The Hall–Kier alpha value is -2.39. The van der Waals surface area contributed by atoms with Crippen molar-refractivity contribution in [2.75, 3.05) is 4.90 Å². The smallest absolute Gasteiger partial charge is 0.274 e. The third-order valence-corrected chi connectivity index (χ3v) is 6.06. The predicted molar refractivity (Wildman–Crippen MR) is 113 cm³/mol. The molecular weight excluding hydrogens is 394 g/mol. The van der Waals surface area contributed by atoms with Crippen LogP contribution in [0.1, 0.15) is 38.4 Å². The van der Waals surface area contributed by atoms with Crippen LogP contribution in [0.3, 0.4) is 0 Å². The van der Waals surface area contributed by atoms with Crippen molar-refractivity contribution in [1.29, 1.82) is 0 Å². The average molecular weight is 418 g/mol. The van der Waals surface area contributed by atoms with Gasteiger partial charge in [-0.1, -0.05) is 43.8 Å². The first kappa shape index (κ1) is 20.3. The summed E-state index contributed by atoms with van der Waals surface area (Å²) in [6.45, 7) is 6.27. The van der Waals surface area contributed by atoms with Gasteiger partial charge < -0.3 is 0 Å². The Balaban J connectivity index is 1.80. The maximum absolute atomic E-state index is 12.4. The first-order valence-electron chi connectivity index (χ1n) is 9.16. The molecule has 3 rings (SSSR count). The van der Waals surface area contributed by atoms with E-state index in [9.17, 15) is 9.59 Å². The molecule has 2 aromatic heterocycles. The van der Waals surface area contributed by atoms with Gasteiger partial charge in [-0.2, -0.15) is 0 Å². The number of aromatic amines is 1. The molecule has 0 aliphatic heterocycles. The van der Waals surface area contributed by atoms with E-state index in [1.165, 1.54) is 23.1 Å².